The van der Waals surface area contributed by atoms with Gasteiger partial charge in [0.05, 0.1) is 13.2 Å². The molecule has 0 aliphatic carbocycles. The lowest BCUT2D eigenvalue weighted by Crippen LogP contribution is -2.42. The summed E-state index contributed by atoms with van der Waals surface area (Å²) >= 11 is 0. The number of amides is 1. The number of likely N-dealkylation sites (tertiary alicyclic amines) is 1. The van der Waals surface area contributed by atoms with Gasteiger partial charge >= 0.3 is 0 Å². The third-order valence-corrected chi connectivity index (χ3v) is 3.31. The Morgan fingerprint density at radius 2 is 2.32 bits per heavy atom. The quantitative estimate of drug-likeness (QED) is 0.822. The van der Waals surface area contributed by atoms with Crippen molar-refractivity contribution in [3.8, 4) is 11.8 Å². The number of methoxy groups -OCH3 is 1. The lowest BCUT2D eigenvalue weighted by Gasteiger charge is -2.31. The van der Waals surface area contributed by atoms with Crippen molar-refractivity contribution in [1.29, 1.82) is 5.26 Å². The topological polar surface area (TPSA) is 53.3 Å². The number of piperidine rings is 1. The van der Waals surface area contributed by atoms with Gasteiger partial charge in [0.2, 0.25) is 0 Å². The minimum atomic E-state index is -0.570. The van der Waals surface area contributed by atoms with Crippen LogP contribution in [0.25, 0.3) is 0 Å². The minimum absolute atomic E-state index is 0.104. The number of benzene rings is 1. The van der Waals surface area contributed by atoms with Crippen LogP contribution < -0.4 is 4.74 Å². The summed E-state index contributed by atoms with van der Waals surface area (Å²) in [7, 11) is 1.37. The molecule has 1 aromatic rings. The molecule has 0 aromatic heterocycles. The van der Waals surface area contributed by atoms with Crippen LogP contribution in [-0.4, -0.2) is 30.5 Å². The molecule has 0 bridgehead atoms. The van der Waals surface area contributed by atoms with Gasteiger partial charge in [0.25, 0.3) is 5.91 Å². The smallest absolute Gasteiger partial charge is 0.255 e. The van der Waals surface area contributed by atoms with Crippen LogP contribution in [0.2, 0.25) is 0 Å². The summed E-state index contributed by atoms with van der Waals surface area (Å²) in [5, 5.41) is 9.06. The summed E-state index contributed by atoms with van der Waals surface area (Å²) < 4.78 is 18.4. The van der Waals surface area contributed by atoms with E-state index in [0.29, 0.717) is 13.0 Å². The Balaban J connectivity index is 2.23. The Morgan fingerprint density at radius 3 is 2.95 bits per heavy atom. The lowest BCUT2D eigenvalue weighted by atomic mass is 10.0. The summed E-state index contributed by atoms with van der Waals surface area (Å²) in [6, 6.07) is 5.82. The third kappa shape index (κ3) is 2.68. The van der Waals surface area contributed by atoms with E-state index in [1.54, 1.807) is 0 Å². The number of nitriles is 1. The standard InChI is InChI=1S/C14H15FN2O2/c1-19-13-6-5-10(8-12(13)15)14(18)17-7-3-2-4-11(17)9-16/h5-6,8,11H,2-4,7H2,1H3. The van der Waals surface area contributed by atoms with Gasteiger partial charge in [-0.15, -0.1) is 0 Å². The Hall–Kier alpha value is -2.09. The van der Waals surface area contributed by atoms with Crippen molar-refractivity contribution in [2.24, 2.45) is 0 Å². The molecule has 1 atom stereocenters. The van der Waals surface area contributed by atoms with Crippen molar-refractivity contribution >= 4 is 5.91 Å². The number of ether oxygens (including phenoxy) is 1. The number of hydrogen-bond donors (Lipinski definition) is 0. The molecule has 19 heavy (non-hydrogen) atoms. The van der Waals surface area contributed by atoms with E-state index >= 15 is 0 Å². The fourth-order valence-corrected chi connectivity index (χ4v) is 2.27. The molecule has 0 spiro atoms. The fraction of sp³-hybridized carbons (Fsp3) is 0.429. The van der Waals surface area contributed by atoms with Gasteiger partial charge in [-0.05, 0) is 37.5 Å². The first-order chi connectivity index (χ1) is 9.17. The summed E-state index contributed by atoms with van der Waals surface area (Å²) in [4.78, 5) is 13.8. The Bertz CT molecular complexity index is 525. The van der Waals surface area contributed by atoms with Crippen LogP contribution in [0, 0.1) is 17.1 Å². The van der Waals surface area contributed by atoms with E-state index in [-0.39, 0.29) is 17.2 Å². The molecule has 1 aliphatic rings. The highest BCUT2D eigenvalue weighted by Gasteiger charge is 2.27. The highest BCUT2D eigenvalue weighted by molar-refractivity contribution is 5.94. The molecule has 1 fully saturated rings. The zero-order valence-electron chi connectivity index (χ0n) is 10.7. The van der Waals surface area contributed by atoms with Crippen molar-refractivity contribution in [2.45, 2.75) is 25.3 Å². The van der Waals surface area contributed by atoms with Crippen molar-refractivity contribution < 1.29 is 13.9 Å². The molecule has 1 heterocycles. The first kappa shape index (κ1) is 13.3. The van der Waals surface area contributed by atoms with Crippen LogP contribution in [0.15, 0.2) is 18.2 Å². The summed E-state index contributed by atoms with van der Waals surface area (Å²) in [5.74, 6) is -0.765. The van der Waals surface area contributed by atoms with Gasteiger partial charge < -0.3 is 9.64 Å². The van der Waals surface area contributed by atoms with Gasteiger partial charge in [-0.25, -0.2) is 4.39 Å². The second-order valence-corrected chi connectivity index (χ2v) is 4.49. The predicted octanol–water partition coefficient (Wildman–Crippen LogP) is 2.35. The van der Waals surface area contributed by atoms with Crippen LogP contribution in [-0.2, 0) is 0 Å². The molecule has 0 N–H and O–H groups in total. The number of nitrogens with zero attached hydrogens (tertiary/aromatic N) is 2. The van der Waals surface area contributed by atoms with Crippen molar-refractivity contribution in [3.63, 3.8) is 0 Å². The number of carbonyl (C=O) groups excluding carboxylic acids is 1. The van der Waals surface area contributed by atoms with E-state index in [4.69, 9.17) is 10.00 Å². The van der Waals surface area contributed by atoms with Crippen LogP contribution >= 0.6 is 0 Å². The summed E-state index contributed by atoms with van der Waals surface area (Å²) in [6.07, 6.45) is 2.50. The Morgan fingerprint density at radius 1 is 1.53 bits per heavy atom. The van der Waals surface area contributed by atoms with Gasteiger partial charge in [0.15, 0.2) is 11.6 Å². The molecule has 100 valence electrons. The maximum atomic E-state index is 13.6. The van der Waals surface area contributed by atoms with Crippen LogP contribution in [0.5, 0.6) is 5.75 Å². The number of halogens is 1. The first-order valence-corrected chi connectivity index (χ1v) is 6.21. The van der Waals surface area contributed by atoms with Crippen molar-refractivity contribution in [2.75, 3.05) is 13.7 Å². The molecule has 2 rings (SSSR count). The maximum absolute atomic E-state index is 13.6. The zero-order chi connectivity index (χ0) is 13.8. The van der Waals surface area contributed by atoms with E-state index in [1.165, 1.54) is 24.1 Å². The molecule has 1 aromatic carbocycles. The van der Waals surface area contributed by atoms with Crippen molar-refractivity contribution in [3.05, 3.63) is 29.6 Å². The molecular weight excluding hydrogens is 247 g/mol. The number of rotatable bonds is 2. The van der Waals surface area contributed by atoms with E-state index in [2.05, 4.69) is 6.07 Å². The molecule has 0 radical (unpaired) electrons. The van der Waals surface area contributed by atoms with E-state index in [1.807, 2.05) is 0 Å². The lowest BCUT2D eigenvalue weighted by molar-refractivity contribution is 0.0670. The van der Waals surface area contributed by atoms with Gasteiger partial charge in [0.1, 0.15) is 6.04 Å². The molecule has 5 heteroatoms. The largest absolute Gasteiger partial charge is 0.494 e. The Labute approximate surface area is 111 Å². The first-order valence-electron chi connectivity index (χ1n) is 6.21. The normalized spacial score (nSPS) is 18.8. The SMILES string of the molecule is COc1ccc(C(=O)N2CCCCC2C#N)cc1F. The zero-order valence-corrected chi connectivity index (χ0v) is 10.7. The van der Waals surface area contributed by atoms with Gasteiger partial charge in [-0.2, -0.15) is 5.26 Å². The minimum Gasteiger partial charge on any atom is -0.494 e. The van der Waals surface area contributed by atoms with Crippen LogP contribution in [0.3, 0.4) is 0 Å². The fourth-order valence-electron chi connectivity index (χ4n) is 2.27. The summed E-state index contributed by atoms with van der Waals surface area (Å²) in [5.41, 5.74) is 0.250. The highest BCUT2D eigenvalue weighted by atomic mass is 19.1. The van der Waals surface area contributed by atoms with Crippen LogP contribution in [0.1, 0.15) is 29.6 Å². The van der Waals surface area contributed by atoms with Crippen molar-refractivity contribution in [1.82, 2.24) is 4.90 Å². The molecule has 1 saturated heterocycles. The summed E-state index contributed by atoms with van der Waals surface area (Å²) in [6.45, 7) is 0.546. The molecule has 1 aliphatic heterocycles. The molecule has 4 nitrogen and oxygen atoms in total. The third-order valence-electron chi connectivity index (χ3n) is 3.31. The van der Waals surface area contributed by atoms with E-state index in [9.17, 15) is 9.18 Å². The average Bonchev–Trinajstić information content (AvgIpc) is 2.46. The van der Waals surface area contributed by atoms with E-state index in [0.717, 1.165) is 18.9 Å². The van der Waals surface area contributed by atoms with Crippen LogP contribution in [0.4, 0.5) is 4.39 Å². The monoisotopic (exact) mass is 262 g/mol. The maximum Gasteiger partial charge on any atom is 0.255 e. The predicted molar refractivity (Wildman–Crippen MR) is 67.2 cm³/mol. The number of hydrogen-bond acceptors (Lipinski definition) is 3. The molecule has 0 saturated carbocycles. The highest BCUT2D eigenvalue weighted by Crippen LogP contribution is 2.22. The molecule has 1 amide bonds. The molecule has 1 unspecified atom stereocenters. The second-order valence-electron chi connectivity index (χ2n) is 4.49. The van der Waals surface area contributed by atoms with Gasteiger partial charge in [-0.3, -0.25) is 4.79 Å². The molecular formula is C14H15FN2O2. The number of carbonyl (C=O) groups is 1. The second kappa shape index (κ2) is 5.70. The Kier molecular flexibility index (Phi) is 4.00. The average molecular weight is 262 g/mol. The van der Waals surface area contributed by atoms with Gasteiger partial charge in [-0.1, -0.05) is 0 Å². The van der Waals surface area contributed by atoms with Gasteiger partial charge in [0, 0.05) is 12.1 Å². The van der Waals surface area contributed by atoms with E-state index < -0.39 is 11.9 Å².